The summed E-state index contributed by atoms with van der Waals surface area (Å²) in [4.78, 5) is 0. The van der Waals surface area contributed by atoms with Crippen molar-refractivity contribution in [3.63, 3.8) is 0 Å². The number of hydrogen-bond donors (Lipinski definition) is 1. The quantitative estimate of drug-likeness (QED) is 0.744. The highest BCUT2D eigenvalue weighted by atomic mass is 16.5. The zero-order valence-electron chi connectivity index (χ0n) is 9.16. The maximum Gasteiger partial charge on any atom is 0.0534 e. The predicted octanol–water partition coefficient (Wildman–Crippen LogP) is 1.20. The zero-order chi connectivity index (χ0) is 10.4. The lowest BCUT2D eigenvalue weighted by atomic mass is 10.2. The lowest BCUT2D eigenvalue weighted by Crippen LogP contribution is -2.08. The van der Waals surface area contributed by atoms with Gasteiger partial charge in [0.05, 0.1) is 12.2 Å². The fraction of sp³-hybridized carbons (Fsp3) is 0.700. The van der Waals surface area contributed by atoms with E-state index in [4.69, 9.17) is 4.74 Å². The highest BCUT2D eigenvalue weighted by Crippen LogP contribution is 2.10. The van der Waals surface area contributed by atoms with Crippen molar-refractivity contribution in [1.29, 1.82) is 0 Å². The van der Waals surface area contributed by atoms with Crippen LogP contribution in [0.3, 0.4) is 0 Å². The lowest BCUT2D eigenvalue weighted by Gasteiger charge is -2.10. The van der Waals surface area contributed by atoms with Gasteiger partial charge in [-0.1, -0.05) is 0 Å². The molecule has 1 atom stereocenters. The molecule has 1 rings (SSSR count). The summed E-state index contributed by atoms with van der Waals surface area (Å²) in [5.74, 6) is 0. The summed E-state index contributed by atoms with van der Waals surface area (Å²) < 4.78 is 7.03. The average Bonchev–Trinajstić information content (AvgIpc) is 2.63. The molecule has 0 aliphatic rings. The minimum atomic E-state index is 0.403. The van der Waals surface area contributed by atoms with E-state index in [9.17, 15) is 0 Å². The van der Waals surface area contributed by atoms with Gasteiger partial charge in [-0.25, -0.2) is 0 Å². The second-order valence-electron chi connectivity index (χ2n) is 3.49. The van der Waals surface area contributed by atoms with Gasteiger partial charge in [0.15, 0.2) is 0 Å². The van der Waals surface area contributed by atoms with E-state index in [-0.39, 0.29) is 0 Å². The van der Waals surface area contributed by atoms with Crippen molar-refractivity contribution < 1.29 is 4.74 Å². The second-order valence-corrected chi connectivity index (χ2v) is 3.49. The van der Waals surface area contributed by atoms with Gasteiger partial charge in [0, 0.05) is 32.0 Å². The molecule has 0 saturated carbocycles. The number of aromatic nitrogens is 2. The van der Waals surface area contributed by atoms with Crippen molar-refractivity contribution in [2.75, 3.05) is 20.8 Å². The molecule has 0 radical (unpaired) electrons. The van der Waals surface area contributed by atoms with Crippen LogP contribution in [0, 0.1) is 0 Å². The molecule has 1 heterocycles. The highest BCUT2D eigenvalue weighted by Gasteiger charge is 2.05. The molecule has 1 N–H and O–H groups in total. The standard InChI is InChI=1S/C10H19N3O/c1-9(4-5-14-3)13-8-10(6-11-2)7-12-13/h7-9,11H,4-6H2,1-3H3. The van der Waals surface area contributed by atoms with E-state index in [1.54, 1.807) is 7.11 Å². The molecule has 4 heteroatoms. The van der Waals surface area contributed by atoms with Crippen LogP contribution in [0.5, 0.6) is 0 Å². The molecule has 1 unspecified atom stereocenters. The Bertz CT molecular complexity index is 260. The van der Waals surface area contributed by atoms with E-state index >= 15 is 0 Å². The van der Waals surface area contributed by atoms with Crippen molar-refractivity contribution >= 4 is 0 Å². The molecule has 0 bridgehead atoms. The molecule has 0 spiro atoms. The molecule has 0 aliphatic heterocycles. The molecule has 14 heavy (non-hydrogen) atoms. The van der Waals surface area contributed by atoms with Crippen LogP contribution in [0.25, 0.3) is 0 Å². The fourth-order valence-corrected chi connectivity index (χ4v) is 1.33. The van der Waals surface area contributed by atoms with Gasteiger partial charge < -0.3 is 10.1 Å². The number of rotatable bonds is 6. The van der Waals surface area contributed by atoms with Gasteiger partial charge in [-0.3, -0.25) is 4.68 Å². The molecule has 0 aliphatic carbocycles. The number of nitrogens with one attached hydrogen (secondary N) is 1. The molecular weight excluding hydrogens is 178 g/mol. The van der Waals surface area contributed by atoms with Gasteiger partial charge in [0.1, 0.15) is 0 Å². The smallest absolute Gasteiger partial charge is 0.0534 e. The van der Waals surface area contributed by atoms with Crippen LogP contribution in [-0.2, 0) is 11.3 Å². The van der Waals surface area contributed by atoms with Crippen LogP contribution < -0.4 is 5.32 Å². The summed E-state index contributed by atoms with van der Waals surface area (Å²) in [6.45, 7) is 3.80. The summed E-state index contributed by atoms with van der Waals surface area (Å²) in [6.07, 6.45) is 4.98. The van der Waals surface area contributed by atoms with Crippen LogP contribution in [-0.4, -0.2) is 30.5 Å². The first kappa shape index (κ1) is 11.2. The van der Waals surface area contributed by atoms with Gasteiger partial charge >= 0.3 is 0 Å². The van der Waals surface area contributed by atoms with Crippen LogP contribution in [0.2, 0.25) is 0 Å². The molecular formula is C10H19N3O. The summed E-state index contributed by atoms with van der Waals surface area (Å²) >= 11 is 0. The second kappa shape index (κ2) is 5.78. The van der Waals surface area contributed by atoms with E-state index in [0.29, 0.717) is 6.04 Å². The van der Waals surface area contributed by atoms with Crippen molar-refractivity contribution in [2.24, 2.45) is 0 Å². The SMILES string of the molecule is CNCc1cnn(C(C)CCOC)c1. The van der Waals surface area contributed by atoms with E-state index in [1.807, 2.05) is 17.9 Å². The fourth-order valence-electron chi connectivity index (χ4n) is 1.33. The van der Waals surface area contributed by atoms with Gasteiger partial charge in [-0.05, 0) is 20.4 Å². The molecule has 0 fully saturated rings. The van der Waals surface area contributed by atoms with E-state index in [0.717, 1.165) is 19.6 Å². The Morgan fingerprint density at radius 1 is 1.64 bits per heavy atom. The predicted molar refractivity (Wildman–Crippen MR) is 56.2 cm³/mol. The first-order chi connectivity index (χ1) is 6.77. The normalized spacial score (nSPS) is 13.1. The Morgan fingerprint density at radius 2 is 2.43 bits per heavy atom. The van der Waals surface area contributed by atoms with Crippen LogP contribution in [0.4, 0.5) is 0 Å². The third-order valence-corrected chi connectivity index (χ3v) is 2.23. The summed E-state index contributed by atoms with van der Waals surface area (Å²) in [5, 5.41) is 7.41. The number of methoxy groups -OCH3 is 1. The third-order valence-electron chi connectivity index (χ3n) is 2.23. The Balaban J connectivity index is 2.48. The summed E-state index contributed by atoms with van der Waals surface area (Å²) in [7, 11) is 3.66. The van der Waals surface area contributed by atoms with Crippen molar-refractivity contribution in [3.8, 4) is 0 Å². The topological polar surface area (TPSA) is 39.1 Å². The largest absolute Gasteiger partial charge is 0.385 e. The maximum atomic E-state index is 5.03. The van der Waals surface area contributed by atoms with Crippen LogP contribution >= 0.6 is 0 Å². The Morgan fingerprint density at radius 3 is 3.07 bits per heavy atom. The van der Waals surface area contributed by atoms with Crippen LogP contribution in [0.1, 0.15) is 24.9 Å². The van der Waals surface area contributed by atoms with Gasteiger partial charge in [0.25, 0.3) is 0 Å². The maximum absolute atomic E-state index is 5.03. The van der Waals surface area contributed by atoms with Gasteiger partial charge in [-0.15, -0.1) is 0 Å². The Kier molecular flexibility index (Phi) is 4.62. The van der Waals surface area contributed by atoms with E-state index in [2.05, 4.69) is 23.5 Å². The lowest BCUT2D eigenvalue weighted by molar-refractivity contribution is 0.178. The number of hydrogen-bond acceptors (Lipinski definition) is 3. The third kappa shape index (κ3) is 3.12. The van der Waals surface area contributed by atoms with Gasteiger partial charge in [0.2, 0.25) is 0 Å². The van der Waals surface area contributed by atoms with Crippen molar-refractivity contribution in [1.82, 2.24) is 15.1 Å². The summed E-state index contributed by atoms with van der Waals surface area (Å²) in [5.41, 5.74) is 1.22. The van der Waals surface area contributed by atoms with E-state index in [1.165, 1.54) is 5.56 Å². The molecule has 0 saturated heterocycles. The minimum absolute atomic E-state index is 0.403. The van der Waals surface area contributed by atoms with E-state index < -0.39 is 0 Å². The van der Waals surface area contributed by atoms with Crippen LogP contribution in [0.15, 0.2) is 12.4 Å². The highest BCUT2D eigenvalue weighted by molar-refractivity contribution is 5.03. The number of ether oxygens (including phenoxy) is 1. The minimum Gasteiger partial charge on any atom is -0.385 e. The first-order valence-corrected chi connectivity index (χ1v) is 4.94. The molecule has 80 valence electrons. The zero-order valence-corrected chi connectivity index (χ0v) is 9.16. The van der Waals surface area contributed by atoms with Crippen molar-refractivity contribution in [3.05, 3.63) is 18.0 Å². The van der Waals surface area contributed by atoms with Crippen molar-refractivity contribution in [2.45, 2.75) is 25.9 Å². The Hall–Kier alpha value is -0.870. The molecule has 1 aromatic rings. The molecule has 0 amide bonds. The molecule has 0 aromatic carbocycles. The van der Waals surface area contributed by atoms with Gasteiger partial charge in [-0.2, -0.15) is 5.10 Å². The monoisotopic (exact) mass is 197 g/mol. The molecule has 4 nitrogen and oxygen atoms in total. The summed E-state index contributed by atoms with van der Waals surface area (Å²) in [6, 6.07) is 0.403. The Labute approximate surface area is 85.3 Å². The number of nitrogens with zero attached hydrogens (tertiary/aromatic N) is 2. The molecule has 1 aromatic heterocycles. The first-order valence-electron chi connectivity index (χ1n) is 4.94. The average molecular weight is 197 g/mol.